The fraction of sp³-hybridized carbons (Fsp3) is 0.742. The molecular formula is C31H54N2. The minimum absolute atomic E-state index is 0.200. The lowest BCUT2D eigenvalue weighted by atomic mass is 9.80. The molecule has 2 aliphatic heterocycles. The lowest BCUT2D eigenvalue weighted by molar-refractivity contribution is 0.256. The predicted octanol–water partition coefficient (Wildman–Crippen LogP) is 7.90. The van der Waals surface area contributed by atoms with Crippen molar-refractivity contribution in [1.29, 1.82) is 0 Å². The van der Waals surface area contributed by atoms with Gasteiger partial charge in [-0.15, -0.1) is 0 Å². The van der Waals surface area contributed by atoms with E-state index in [0.717, 1.165) is 39.3 Å². The Kier molecular flexibility index (Phi) is 8.73. The Morgan fingerprint density at radius 1 is 0.545 bits per heavy atom. The second-order valence-corrected chi connectivity index (χ2v) is 14.5. The zero-order chi connectivity index (χ0) is 25.2. The highest BCUT2D eigenvalue weighted by Gasteiger charge is 2.27. The molecule has 0 aliphatic carbocycles. The van der Waals surface area contributed by atoms with Crippen molar-refractivity contribution in [3.05, 3.63) is 46.6 Å². The fourth-order valence-corrected chi connectivity index (χ4v) is 4.46. The van der Waals surface area contributed by atoms with Gasteiger partial charge in [-0.1, -0.05) is 119 Å². The monoisotopic (exact) mass is 454 g/mol. The van der Waals surface area contributed by atoms with Gasteiger partial charge in [-0.2, -0.15) is 0 Å². The summed E-state index contributed by atoms with van der Waals surface area (Å²) in [5, 5.41) is 0. The first-order valence-corrected chi connectivity index (χ1v) is 13.2. The van der Waals surface area contributed by atoms with Gasteiger partial charge in [0.05, 0.1) is 0 Å². The van der Waals surface area contributed by atoms with Gasteiger partial charge in [0.15, 0.2) is 0 Å². The zero-order valence-electron chi connectivity index (χ0n) is 24.2. The first-order chi connectivity index (χ1) is 14.9. The lowest BCUT2D eigenvalue weighted by Crippen LogP contribution is -2.34. The predicted molar refractivity (Wildman–Crippen MR) is 148 cm³/mol. The smallest absolute Gasteiger partial charge is 0.0204 e. The van der Waals surface area contributed by atoms with E-state index in [1.165, 1.54) is 17.6 Å². The molecule has 0 unspecified atom stereocenters. The number of nitrogens with zero attached hydrogens (tertiary/aromatic N) is 2. The molecule has 2 heteroatoms. The Hall–Kier alpha value is -1.12. The summed E-state index contributed by atoms with van der Waals surface area (Å²) in [5.41, 5.74) is 6.91. The van der Waals surface area contributed by atoms with Gasteiger partial charge in [0, 0.05) is 39.3 Å². The summed E-state index contributed by atoms with van der Waals surface area (Å²) in [7, 11) is 0. The maximum atomic E-state index is 2.66. The molecule has 0 bridgehead atoms. The summed E-state index contributed by atoms with van der Waals surface area (Å²) in [4.78, 5) is 5.31. The summed E-state index contributed by atoms with van der Waals surface area (Å²) in [5.74, 6) is 0. The minimum atomic E-state index is 0.200. The fourth-order valence-electron chi connectivity index (χ4n) is 4.46. The quantitative estimate of drug-likeness (QED) is 0.426. The van der Waals surface area contributed by atoms with Crippen LogP contribution in [0.4, 0.5) is 0 Å². The summed E-state index contributed by atoms with van der Waals surface area (Å²) < 4.78 is 0. The molecule has 2 aliphatic rings. The Morgan fingerprint density at radius 3 is 1.15 bits per heavy atom. The van der Waals surface area contributed by atoms with Crippen molar-refractivity contribution in [3.63, 3.8) is 0 Å². The van der Waals surface area contributed by atoms with Crippen LogP contribution in [0.5, 0.6) is 0 Å². The molecule has 0 amide bonds. The van der Waals surface area contributed by atoms with Crippen LogP contribution in [0.1, 0.15) is 89.5 Å². The SMILES string of the molecule is CC(C)(C)C1=CCN(CCCN2CC=C(C(C)(C)C)C=C(C(C)(C)C)C2)CC(C(C)(C)C)=C1. The summed E-state index contributed by atoms with van der Waals surface area (Å²) in [6.07, 6.45) is 11.2. The average molecular weight is 455 g/mol. The zero-order valence-corrected chi connectivity index (χ0v) is 24.2. The summed E-state index contributed by atoms with van der Waals surface area (Å²) >= 11 is 0. The van der Waals surface area contributed by atoms with Crippen LogP contribution in [0.25, 0.3) is 0 Å². The third-order valence-electron chi connectivity index (χ3n) is 7.19. The van der Waals surface area contributed by atoms with E-state index in [2.05, 4.69) is 117 Å². The molecule has 0 fully saturated rings. The van der Waals surface area contributed by atoms with Crippen LogP contribution < -0.4 is 0 Å². The van der Waals surface area contributed by atoms with Gasteiger partial charge in [-0.05, 0) is 39.2 Å². The van der Waals surface area contributed by atoms with Gasteiger partial charge >= 0.3 is 0 Å². The molecule has 0 radical (unpaired) electrons. The van der Waals surface area contributed by atoms with Crippen LogP contribution in [-0.4, -0.2) is 49.1 Å². The van der Waals surface area contributed by atoms with Crippen LogP contribution in [0, 0.1) is 21.7 Å². The molecule has 0 spiro atoms. The van der Waals surface area contributed by atoms with Crippen molar-refractivity contribution >= 4 is 0 Å². The topological polar surface area (TPSA) is 6.48 Å². The third kappa shape index (κ3) is 8.55. The molecule has 0 aromatic heterocycles. The Morgan fingerprint density at radius 2 is 0.879 bits per heavy atom. The Labute approximate surface area is 206 Å². The van der Waals surface area contributed by atoms with E-state index < -0.39 is 0 Å². The second-order valence-electron chi connectivity index (χ2n) is 14.5. The first kappa shape index (κ1) is 28.1. The van der Waals surface area contributed by atoms with Gasteiger partial charge in [0.2, 0.25) is 0 Å². The van der Waals surface area contributed by atoms with E-state index in [-0.39, 0.29) is 21.7 Å². The van der Waals surface area contributed by atoms with Crippen molar-refractivity contribution in [1.82, 2.24) is 9.80 Å². The lowest BCUT2D eigenvalue weighted by Gasteiger charge is -2.30. The van der Waals surface area contributed by atoms with Crippen LogP contribution >= 0.6 is 0 Å². The molecule has 0 atom stereocenters. The van der Waals surface area contributed by atoms with Crippen LogP contribution in [0.2, 0.25) is 0 Å². The normalized spacial score (nSPS) is 20.5. The number of allylic oxidation sites excluding steroid dienone is 4. The molecule has 2 heterocycles. The Bertz CT molecular complexity index is 724. The van der Waals surface area contributed by atoms with Gasteiger partial charge in [0.25, 0.3) is 0 Å². The van der Waals surface area contributed by atoms with Crippen molar-refractivity contribution < 1.29 is 0 Å². The molecule has 0 aromatic carbocycles. The van der Waals surface area contributed by atoms with E-state index >= 15 is 0 Å². The third-order valence-corrected chi connectivity index (χ3v) is 7.19. The molecule has 2 rings (SSSR count). The van der Waals surface area contributed by atoms with E-state index in [9.17, 15) is 0 Å². The van der Waals surface area contributed by atoms with E-state index in [1.807, 2.05) is 0 Å². The van der Waals surface area contributed by atoms with Gasteiger partial charge in [-0.25, -0.2) is 0 Å². The molecule has 2 nitrogen and oxygen atoms in total. The minimum Gasteiger partial charge on any atom is -0.296 e. The molecule has 0 aromatic rings. The van der Waals surface area contributed by atoms with Gasteiger partial charge in [-0.3, -0.25) is 9.80 Å². The highest BCUT2D eigenvalue weighted by atomic mass is 15.1. The van der Waals surface area contributed by atoms with E-state index in [4.69, 9.17) is 0 Å². The maximum absolute atomic E-state index is 2.66. The van der Waals surface area contributed by atoms with E-state index in [1.54, 1.807) is 11.1 Å². The summed E-state index contributed by atoms with van der Waals surface area (Å²) in [6.45, 7) is 34.8. The van der Waals surface area contributed by atoms with Crippen molar-refractivity contribution in [3.8, 4) is 0 Å². The molecule has 188 valence electrons. The largest absolute Gasteiger partial charge is 0.296 e. The van der Waals surface area contributed by atoms with Gasteiger partial charge < -0.3 is 0 Å². The Balaban J connectivity index is 2.08. The van der Waals surface area contributed by atoms with Gasteiger partial charge in [0.1, 0.15) is 0 Å². The van der Waals surface area contributed by atoms with Crippen molar-refractivity contribution in [2.24, 2.45) is 21.7 Å². The molecule has 0 saturated heterocycles. The molecular weight excluding hydrogens is 400 g/mol. The van der Waals surface area contributed by atoms with E-state index in [0.29, 0.717) is 0 Å². The molecule has 0 saturated carbocycles. The first-order valence-electron chi connectivity index (χ1n) is 13.2. The van der Waals surface area contributed by atoms with Crippen LogP contribution in [0.15, 0.2) is 46.6 Å². The molecule has 33 heavy (non-hydrogen) atoms. The second kappa shape index (κ2) is 10.2. The molecule has 0 N–H and O–H groups in total. The number of hydrogen-bond donors (Lipinski definition) is 0. The van der Waals surface area contributed by atoms with Crippen LogP contribution in [-0.2, 0) is 0 Å². The standard InChI is InChI=1S/C31H54N2/c1-28(2,3)24-14-18-32(22-26(20-24)30(7,8)9)16-13-17-33-19-15-25(29(4,5)6)21-27(23-33)31(10,11)12/h14-15,20-21H,13,16-19,22-23H2,1-12H3. The highest BCUT2D eigenvalue weighted by molar-refractivity contribution is 5.34. The number of hydrogen-bond acceptors (Lipinski definition) is 2. The number of rotatable bonds is 4. The average Bonchev–Trinajstić information content (AvgIpc) is 2.97. The van der Waals surface area contributed by atoms with Crippen molar-refractivity contribution in [2.45, 2.75) is 89.5 Å². The van der Waals surface area contributed by atoms with Crippen molar-refractivity contribution in [2.75, 3.05) is 39.3 Å². The highest BCUT2D eigenvalue weighted by Crippen LogP contribution is 2.36. The maximum Gasteiger partial charge on any atom is 0.0204 e. The summed E-state index contributed by atoms with van der Waals surface area (Å²) in [6, 6.07) is 0. The van der Waals surface area contributed by atoms with Crippen LogP contribution in [0.3, 0.4) is 0 Å².